The molecule has 1 aliphatic heterocycles. The van der Waals surface area contributed by atoms with Crippen LogP contribution in [0.3, 0.4) is 0 Å². The average molecular weight is 334 g/mol. The molecular weight excluding hydrogens is 314 g/mol. The maximum atomic E-state index is 9.03. The SMILES string of the molecule is N#Cc1ccc(N(CC2CCCNC2)C2CC2)cc1Br. The first-order chi connectivity index (χ1) is 9.78. The van der Waals surface area contributed by atoms with Crippen molar-refractivity contribution < 1.29 is 0 Å². The zero-order valence-corrected chi connectivity index (χ0v) is 13.2. The van der Waals surface area contributed by atoms with Gasteiger partial charge in [-0.15, -0.1) is 0 Å². The molecule has 0 bridgehead atoms. The topological polar surface area (TPSA) is 39.1 Å². The number of nitrogens with one attached hydrogen (secondary N) is 1. The van der Waals surface area contributed by atoms with Crippen LogP contribution in [0.1, 0.15) is 31.2 Å². The summed E-state index contributed by atoms with van der Waals surface area (Å²) >= 11 is 3.51. The lowest BCUT2D eigenvalue weighted by Gasteiger charge is -2.32. The van der Waals surface area contributed by atoms with E-state index in [4.69, 9.17) is 5.26 Å². The normalized spacial score (nSPS) is 22.3. The van der Waals surface area contributed by atoms with Crippen LogP contribution in [0.2, 0.25) is 0 Å². The standard InChI is InChI=1S/C16H20BrN3/c17-16-8-15(4-3-13(16)9-18)20(14-5-6-14)11-12-2-1-7-19-10-12/h3-4,8,12,14,19H,1-2,5-7,10-11H2. The summed E-state index contributed by atoms with van der Waals surface area (Å²) in [5.41, 5.74) is 1.97. The number of nitrogens with zero attached hydrogens (tertiary/aromatic N) is 2. The third-order valence-corrected chi connectivity index (χ3v) is 4.90. The summed E-state index contributed by atoms with van der Waals surface area (Å²) < 4.78 is 0.907. The van der Waals surface area contributed by atoms with E-state index >= 15 is 0 Å². The van der Waals surface area contributed by atoms with E-state index in [2.05, 4.69) is 44.3 Å². The van der Waals surface area contributed by atoms with Gasteiger partial charge in [0.2, 0.25) is 0 Å². The van der Waals surface area contributed by atoms with Gasteiger partial charge in [0, 0.05) is 22.7 Å². The van der Waals surface area contributed by atoms with Gasteiger partial charge in [-0.2, -0.15) is 5.26 Å². The second-order valence-corrected chi connectivity index (χ2v) is 6.73. The van der Waals surface area contributed by atoms with Gasteiger partial charge in [0.1, 0.15) is 6.07 Å². The van der Waals surface area contributed by atoms with E-state index in [1.165, 1.54) is 37.9 Å². The van der Waals surface area contributed by atoms with Crippen LogP contribution in [0.25, 0.3) is 0 Å². The van der Waals surface area contributed by atoms with Gasteiger partial charge in [0.25, 0.3) is 0 Å². The smallest absolute Gasteiger partial charge is 0.100 e. The Kier molecular flexibility index (Phi) is 4.28. The summed E-state index contributed by atoms with van der Waals surface area (Å²) in [7, 11) is 0. The molecule has 1 saturated heterocycles. The predicted octanol–water partition coefficient (Wildman–Crippen LogP) is 3.29. The number of nitriles is 1. The summed E-state index contributed by atoms with van der Waals surface area (Å²) in [6, 6.07) is 9.04. The fourth-order valence-corrected chi connectivity index (χ4v) is 3.44. The van der Waals surface area contributed by atoms with Crippen LogP contribution in [0.15, 0.2) is 22.7 Å². The van der Waals surface area contributed by atoms with Gasteiger partial charge in [-0.05, 0) is 78.8 Å². The Morgan fingerprint density at radius 1 is 1.35 bits per heavy atom. The van der Waals surface area contributed by atoms with Gasteiger partial charge in [-0.1, -0.05) is 0 Å². The molecule has 1 heterocycles. The number of rotatable bonds is 4. The molecule has 3 nitrogen and oxygen atoms in total. The second kappa shape index (κ2) is 6.15. The van der Waals surface area contributed by atoms with Gasteiger partial charge in [-0.25, -0.2) is 0 Å². The molecule has 1 N–H and O–H groups in total. The molecule has 2 aliphatic rings. The molecule has 0 aromatic heterocycles. The highest BCUT2D eigenvalue weighted by Gasteiger charge is 2.31. The monoisotopic (exact) mass is 333 g/mol. The highest BCUT2D eigenvalue weighted by molar-refractivity contribution is 9.10. The Balaban J connectivity index is 1.76. The third-order valence-electron chi connectivity index (χ3n) is 4.25. The number of halogens is 1. The lowest BCUT2D eigenvalue weighted by Crippen LogP contribution is -2.39. The molecule has 0 amide bonds. The molecular formula is C16H20BrN3. The van der Waals surface area contributed by atoms with Crippen LogP contribution in [-0.4, -0.2) is 25.7 Å². The molecule has 0 spiro atoms. The van der Waals surface area contributed by atoms with Crippen molar-refractivity contribution in [3.8, 4) is 6.07 Å². The van der Waals surface area contributed by atoms with Gasteiger partial charge in [0.05, 0.1) is 5.56 Å². The largest absolute Gasteiger partial charge is 0.368 e. The first-order valence-electron chi connectivity index (χ1n) is 7.45. The molecule has 4 heteroatoms. The van der Waals surface area contributed by atoms with E-state index in [9.17, 15) is 0 Å². The summed E-state index contributed by atoms with van der Waals surface area (Å²) in [6.45, 7) is 3.44. The highest BCUT2D eigenvalue weighted by Crippen LogP contribution is 2.34. The lowest BCUT2D eigenvalue weighted by molar-refractivity contribution is 0.376. The summed E-state index contributed by atoms with van der Waals surface area (Å²) in [5, 5.41) is 12.5. The minimum atomic E-state index is 0.705. The lowest BCUT2D eigenvalue weighted by atomic mass is 9.98. The maximum absolute atomic E-state index is 9.03. The molecule has 1 aromatic carbocycles. The molecule has 1 saturated carbocycles. The molecule has 1 unspecified atom stereocenters. The summed E-state index contributed by atoms with van der Waals surface area (Å²) in [5.74, 6) is 0.749. The molecule has 2 fully saturated rings. The highest BCUT2D eigenvalue weighted by atomic mass is 79.9. The zero-order chi connectivity index (χ0) is 13.9. The Morgan fingerprint density at radius 2 is 2.20 bits per heavy atom. The van der Waals surface area contributed by atoms with Crippen molar-refractivity contribution >= 4 is 21.6 Å². The van der Waals surface area contributed by atoms with E-state index in [1.54, 1.807) is 0 Å². The molecule has 0 radical (unpaired) electrons. The average Bonchev–Trinajstić information content (AvgIpc) is 3.30. The van der Waals surface area contributed by atoms with Crippen LogP contribution in [0, 0.1) is 17.2 Å². The van der Waals surface area contributed by atoms with Crippen molar-refractivity contribution in [3.05, 3.63) is 28.2 Å². The number of benzene rings is 1. The first kappa shape index (κ1) is 13.9. The van der Waals surface area contributed by atoms with Crippen LogP contribution < -0.4 is 10.2 Å². The number of anilines is 1. The maximum Gasteiger partial charge on any atom is 0.100 e. The van der Waals surface area contributed by atoms with Crippen LogP contribution in [0.4, 0.5) is 5.69 Å². The van der Waals surface area contributed by atoms with Crippen LogP contribution in [-0.2, 0) is 0 Å². The van der Waals surface area contributed by atoms with E-state index < -0.39 is 0 Å². The third kappa shape index (κ3) is 3.16. The van der Waals surface area contributed by atoms with Gasteiger partial charge < -0.3 is 10.2 Å². The van der Waals surface area contributed by atoms with E-state index in [1.807, 2.05) is 6.07 Å². The van der Waals surface area contributed by atoms with Crippen LogP contribution in [0.5, 0.6) is 0 Å². The van der Waals surface area contributed by atoms with Crippen molar-refractivity contribution in [2.75, 3.05) is 24.5 Å². The fourth-order valence-electron chi connectivity index (χ4n) is 2.98. The van der Waals surface area contributed by atoms with Gasteiger partial charge in [-0.3, -0.25) is 0 Å². The predicted molar refractivity (Wildman–Crippen MR) is 84.8 cm³/mol. The number of hydrogen-bond donors (Lipinski definition) is 1. The molecule has 3 rings (SSSR count). The Bertz CT molecular complexity index is 513. The molecule has 106 valence electrons. The van der Waals surface area contributed by atoms with E-state index in [0.29, 0.717) is 11.6 Å². The van der Waals surface area contributed by atoms with Crippen molar-refractivity contribution in [2.24, 2.45) is 5.92 Å². The Hall–Kier alpha value is -1.05. The summed E-state index contributed by atoms with van der Waals surface area (Å²) in [4.78, 5) is 2.55. The van der Waals surface area contributed by atoms with Gasteiger partial charge >= 0.3 is 0 Å². The van der Waals surface area contributed by atoms with Crippen molar-refractivity contribution in [1.29, 1.82) is 5.26 Å². The van der Waals surface area contributed by atoms with E-state index in [-0.39, 0.29) is 0 Å². The minimum Gasteiger partial charge on any atom is -0.368 e. The minimum absolute atomic E-state index is 0.705. The molecule has 1 atom stereocenters. The second-order valence-electron chi connectivity index (χ2n) is 5.87. The molecule has 1 aromatic rings. The molecule has 20 heavy (non-hydrogen) atoms. The van der Waals surface area contributed by atoms with Crippen molar-refractivity contribution in [3.63, 3.8) is 0 Å². The molecule has 1 aliphatic carbocycles. The fraction of sp³-hybridized carbons (Fsp3) is 0.562. The van der Waals surface area contributed by atoms with Gasteiger partial charge in [0.15, 0.2) is 0 Å². The quantitative estimate of drug-likeness (QED) is 0.918. The number of hydrogen-bond acceptors (Lipinski definition) is 3. The number of piperidine rings is 1. The summed E-state index contributed by atoms with van der Waals surface area (Å²) in [6.07, 6.45) is 5.23. The van der Waals surface area contributed by atoms with Crippen LogP contribution >= 0.6 is 15.9 Å². The zero-order valence-electron chi connectivity index (χ0n) is 11.6. The first-order valence-corrected chi connectivity index (χ1v) is 8.24. The van der Waals surface area contributed by atoms with Crippen molar-refractivity contribution in [2.45, 2.75) is 31.7 Å². The van der Waals surface area contributed by atoms with E-state index in [0.717, 1.165) is 23.5 Å². The Morgan fingerprint density at radius 3 is 2.80 bits per heavy atom. The Labute approximate surface area is 129 Å². The van der Waals surface area contributed by atoms with Crippen molar-refractivity contribution in [1.82, 2.24) is 5.32 Å².